The summed E-state index contributed by atoms with van der Waals surface area (Å²) in [6.45, 7) is 4.46. The van der Waals surface area contributed by atoms with Gasteiger partial charge in [-0.2, -0.15) is 0 Å². The number of anilines is 1. The second-order valence-corrected chi connectivity index (χ2v) is 6.40. The lowest BCUT2D eigenvalue weighted by Crippen LogP contribution is -2.12. The molecule has 1 amide bonds. The molecule has 5 nitrogen and oxygen atoms in total. The maximum atomic E-state index is 11.9. The summed E-state index contributed by atoms with van der Waals surface area (Å²) in [5.74, 6) is -0.183. The maximum absolute atomic E-state index is 11.9. The van der Waals surface area contributed by atoms with E-state index in [9.17, 15) is 9.59 Å². The first-order valence-electron chi connectivity index (χ1n) is 8.74. The van der Waals surface area contributed by atoms with Crippen molar-refractivity contribution < 1.29 is 19.4 Å². The van der Waals surface area contributed by atoms with E-state index in [0.717, 1.165) is 22.6 Å². The van der Waals surface area contributed by atoms with E-state index in [1.54, 1.807) is 0 Å². The fourth-order valence-electron chi connectivity index (χ4n) is 2.61. The van der Waals surface area contributed by atoms with Gasteiger partial charge in [0.15, 0.2) is 0 Å². The molecule has 138 valence electrons. The molecule has 0 aromatic heterocycles. The fourth-order valence-corrected chi connectivity index (χ4v) is 2.61. The van der Waals surface area contributed by atoms with E-state index in [4.69, 9.17) is 9.84 Å². The topological polar surface area (TPSA) is 75.6 Å². The smallest absolute Gasteiger partial charge is 0.303 e. The minimum absolute atomic E-state index is 0.0965. The quantitative estimate of drug-likeness (QED) is 0.651. The van der Waals surface area contributed by atoms with Crippen molar-refractivity contribution in [2.24, 2.45) is 0 Å². The lowest BCUT2D eigenvalue weighted by atomic mass is 10.1. The van der Waals surface area contributed by atoms with Crippen molar-refractivity contribution in [1.29, 1.82) is 0 Å². The van der Waals surface area contributed by atoms with Crippen LogP contribution in [0.25, 0.3) is 0 Å². The lowest BCUT2D eigenvalue weighted by molar-refractivity contribution is -0.137. The third-order valence-electron chi connectivity index (χ3n) is 4.00. The molecule has 2 aromatic carbocycles. The van der Waals surface area contributed by atoms with Gasteiger partial charge in [0.05, 0.1) is 0 Å². The fraction of sp³-hybridized carbons (Fsp3) is 0.333. The number of amides is 1. The van der Waals surface area contributed by atoms with E-state index in [-0.39, 0.29) is 12.3 Å². The Morgan fingerprint density at radius 1 is 1.04 bits per heavy atom. The van der Waals surface area contributed by atoms with Gasteiger partial charge in [-0.05, 0) is 56.0 Å². The predicted molar refractivity (Wildman–Crippen MR) is 101 cm³/mol. The van der Waals surface area contributed by atoms with Gasteiger partial charge in [-0.3, -0.25) is 9.59 Å². The Kier molecular flexibility index (Phi) is 7.21. The molecule has 0 aliphatic carbocycles. The first kappa shape index (κ1) is 19.5. The minimum Gasteiger partial charge on any atom is -0.489 e. The van der Waals surface area contributed by atoms with Crippen molar-refractivity contribution >= 4 is 17.6 Å². The van der Waals surface area contributed by atoms with Crippen molar-refractivity contribution in [2.75, 3.05) is 5.32 Å². The Morgan fingerprint density at radius 2 is 1.81 bits per heavy atom. The number of nitrogens with one attached hydrogen (secondary N) is 1. The Labute approximate surface area is 154 Å². The summed E-state index contributed by atoms with van der Waals surface area (Å²) in [6, 6.07) is 13.7. The Bertz CT molecular complexity index is 770. The van der Waals surface area contributed by atoms with Crippen LogP contribution in [0.5, 0.6) is 5.75 Å². The highest BCUT2D eigenvalue weighted by Crippen LogP contribution is 2.22. The summed E-state index contributed by atoms with van der Waals surface area (Å²) < 4.78 is 5.82. The number of ether oxygens (including phenoxy) is 1. The summed E-state index contributed by atoms with van der Waals surface area (Å²) in [5, 5.41) is 11.5. The molecule has 5 heteroatoms. The molecule has 0 bridgehead atoms. The van der Waals surface area contributed by atoms with Crippen LogP contribution in [-0.2, 0) is 16.2 Å². The van der Waals surface area contributed by atoms with Gasteiger partial charge >= 0.3 is 5.97 Å². The van der Waals surface area contributed by atoms with Crippen LogP contribution in [0.3, 0.4) is 0 Å². The largest absolute Gasteiger partial charge is 0.489 e. The molecular formula is C21H25NO4. The summed E-state index contributed by atoms with van der Waals surface area (Å²) in [5.41, 5.74) is 3.98. The Morgan fingerprint density at radius 3 is 2.50 bits per heavy atom. The monoisotopic (exact) mass is 355 g/mol. The molecule has 0 aliphatic heterocycles. The number of rotatable bonds is 9. The molecule has 26 heavy (non-hydrogen) atoms. The first-order chi connectivity index (χ1) is 12.4. The number of aliphatic carboxylic acids is 1. The second-order valence-electron chi connectivity index (χ2n) is 6.40. The lowest BCUT2D eigenvalue weighted by Gasteiger charge is -2.12. The van der Waals surface area contributed by atoms with Crippen molar-refractivity contribution in [1.82, 2.24) is 0 Å². The highest BCUT2D eigenvalue weighted by molar-refractivity contribution is 5.91. The van der Waals surface area contributed by atoms with Gasteiger partial charge in [-0.1, -0.05) is 29.8 Å². The van der Waals surface area contributed by atoms with Crippen LogP contribution in [0.1, 0.15) is 42.4 Å². The molecule has 2 rings (SSSR count). The van der Waals surface area contributed by atoms with Crippen LogP contribution < -0.4 is 10.1 Å². The molecular weight excluding hydrogens is 330 g/mol. The van der Waals surface area contributed by atoms with E-state index in [2.05, 4.69) is 11.4 Å². The standard InChI is InChI=1S/C21H25NO4/c1-15-6-5-7-17(12-15)14-26-18-10-11-19(16(2)13-18)22-20(23)8-3-4-9-21(24)25/h5-7,10-13H,3-4,8-9,14H2,1-2H3,(H,22,23)(H,24,25). The number of unbranched alkanes of at least 4 members (excludes halogenated alkanes) is 1. The number of carboxylic acid groups (broad SMARTS) is 1. The molecule has 0 fully saturated rings. The number of carbonyl (C=O) groups is 2. The van der Waals surface area contributed by atoms with E-state index in [1.807, 2.05) is 50.2 Å². The zero-order valence-corrected chi connectivity index (χ0v) is 15.2. The maximum Gasteiger partial charge on any atom is 0.303 e. The van der Waals surface area contributed by atoms with E-state index in [1.165, 1.54) is 5.56 Å². The molecule has 2 aromatic rings. The average molecular weight is 355 g/mol. The SMILES string of the molecule is Cc1cccc(COc2ccc(NC(=O)CCCCC(=O)O)c(C)c2)c1. The number of hydrogen-bond acceptors (Lipinski definition) is 3. The van der Waals surface area contributed by atoms with Crippen molar-refractivity contribution in [3.63, 3.8) is 0 Å². The van der Waals surface area contributed by atoms with Gasteiger partial charge in [0.2, 0.25) is 5.91 Å². The van der Waals surface area contributed by atoms with E-state index >= 15 is 0 Å². The van der Waals surface area contributed by atoms with Crippen LogP contribution in [0.2, 0.25) is 0 Å². The van der Waals surface area contributed by atoms with Gasteiger partial charge in [0, 0.05) is 18.5 Å². The molecule has 0 atom stereocenters. The van der Waals surface area contributed by atoms with Gasteiger partial charge in [0.25, 0.3) is 0 Å². The van der Waals surface area contributed by atoms with Gasteiger partial charge in [0.1, 0.15) is 12.4 Å². The summed E-state index contributed by atoms with van der Waals surface area (Å²) >= 11 is 0. The van der Waals surface area contributed by atoms with Crippen LogP contribution >= 0.6 is 0 Å². The third kappa shape index (κ3) is 6.59. The van der Waals surface area contributed by atoms with Crippen LogP contribution in [0, 0.1) is 13.8 Å². The number of carboxylic acids is 1. The molecule has 0 saturated heterocycles. The summed E-state index contributed by atoms with van der Waals surface area (Å²) in [7, 11) is 0. The number of carbonyl (C=O) groups excluding carboxylic acids is 1. The van der Waals surface area contributed by atoms with Crippen LogP contribution in [0.15, 0.2) is 42.5 Å². The Hall–Kier alpha value is -2.82. The number of benzene rings is 2. The molecule has 0 radical (unpaired) electrons. The first-order valence-corrected chi connectivity index (χ1v) is 8.74. The van der Waals surface area contributed by atoms with Gasteiger partial charge in [-0.25, -0.2) is 0 Å². The third-order valence-corrected chi connectivity index (χ3v) is 4.00. The molecule has 0 aliphatic rings. The average Bonchev–Trinajstić information content (AvgIpc) is 2.59. The molecule has 0 heterocycles. The van der Waals surface area contributed by atoms with Crippen LogP contribution in [0.4, 0.5) is 5.69 Å². The predicted octanol–water partition coefficient (Wildman–Crippen LogP) is 4.47. The second kappa shape index (κ2) is 9.61. The highest BCUT2D eigenvalue weighted by atomic mass is 16.5. The van der Waals surface area contributed by atoms with Crippen molar-refractivity contribution in [3.8, 4) is 5.75 Å². The molecule has 0 spiro atoms. The molecule has 0 unspecified atom stereocenters. The van der Waals surface area contributed by atoms with E-state index in [0.29, 0.717) is 25.9 Å². The normalized spacial score (nSPS) is 10.4. The molecule has 2 N–H and O–H groups in total. The zero-order chi connectivity index (χ0) is 18.9. The summed E-state index contributed by atoms with van der Waals surface area (Å²) in [4.78, 5) is 22.4. The van der Waals surface area contributed by atoms with Gasteiger partial charge < -0.3 is 15.2 Å². The summed E-state index contributed by atoms with van der Waals surface area (Å²) in [6.07, 6.45) is 1.49. The van der Waals surface area contributed by atoms with Crippen molar-refractivity contribution in [2.45, 2.75) is 46.1 Å². The zero-order valence-electron chi connectivity index (χ0n) is 15.2. The van der Waals surface area contributed by atoms with Crippen molar-refractivity contribution in [3.05, 3.63) is 59.2 Å². The number of hydrogen-bond donors (Lipinski definition) is 2. The van der Waals surface area contributed by atoms with E-state index < -0.39 is 5.97 Å². The Balaban J connectivity index is 1.84. The van der Waals surface area contributed by atoms with Crippen LogP contribution in [-0.4, -0.2) is 17.0 Å². The number of aryl methyl sites for hydroxylation is 2. The molecule has 0 saturated carbocycles. The van der Waals surface area contributed by atoms with Gasteiger partial charge in [-0.15, -0.1) is 0 Å². The highest BCUT2D eigenvalue weighted by Gasteiger charge is 2.07. The minimum atomic E-state index is -0.831.